The Labute approximate surface area is 36.0 Å². The summed E-state index contributed by atoms with van der Waals surface area (Å²) in [5, 5.41) is 8.25. The second-order valence-corrected chi connectivity index (χ2v) is 0.0962. The standard InChI is InChI=1S/CH2O2.Li/c2-1-3;/h1H,(H,2,3);/q;+1/p-1/i;1+0. The third kappa shape index (κ3) is 518. The van der Waals surface area contributed by atoms with Crippen molar-refractivity contribution in [3.63, 3.8) is 0 Å². The van der Waals surface area contributed by atoms with Gasteiger partial charge in [-0.15, -0.1) is 0 Å². The molecule has 0 rings (SSSR count). The van der Waals surface area contributed by atoms with E-state index in [-0.39, 0.29) is 18.9 Å². The second kappa shape index (κ2) is 11.5. The molecule has 0 heterocycles. The number of hydrogen-bond acceptors (Lipinski definition) is 2. The summed E-state index contributed by atoms with van der Waals surface area (Å²) >= 11 is 0. The largest absolute Gasteiger partial charge is 1.00 e. The molecule has 0 aliphatic carbocycles. The zero-order valence-corrected chi connectivity index (χ0v) is 2.39. The van der Waals surface area contributed by atoms with Gasteiger partial charge in [-0.1, -0.05) is 0 Å². The maximum Gasteiger partial charge on any atom is 1.00 e. The van der Waals surface area contributed by atoms with Gasteiger partial charge in [0, 0.05) is 6.47 Å². The summed E-state index contributed by atoms with van der Waals surface area (Å²) in [6, 6.07) is 0. The summed E-state index contributed by atoms with van der Waals surface area (Å²) in [4.78, 5) is 8.25. The topological polar surface area (TPSA) is 40.1 Å². The van der Waals surface area contributed by atoms with Crippen LogP contribution < -0.4 is 24.0 Å². The van der Waals surface area contributed by atoms with E-state index in [9.17, 15) is 0 Å². The van der Waals surface area contributed by atoms with E-state index in [2.05, 4.69) is 0 Å². The van der Waals surface area contributed by atoms with Crippen LogP contribution in [-0.4, -0.2) is 6.47 Å². The Balaban J connectivity index is 0. The summed E-state index contributed by atoms with van der Waals surface area (Å²) in [5.41, 5.74) is 0. The first-order valence-electron chi connectivity index (χ1n) is 0.471. The summed E-state index contributed by atoms with van der Waals surface area (Å²) in [5.74, 6) is 0. The molecule has 0 aliphatic heterocycles. The molecule has 0 aromatic heterocycles. The van der Waals surface area contributed by atoms with Gasteiger partial charge in [0.1, 0.15) is 0 Å². The molecular weight excluding hydrogens is 51.0 g/mol. The zero-order valence-electron chi connectivity index (χ0n) is 2.39. The van der Waals surface area contributed by atoms with Crippen molar-refractivity contribution < 1.29 is 28.8 Å². The molecule has 0 aromatic carbocycles. The Morgan fingerprint density at radius 3 is 1.75 bits per heavy atom. The molecule has 0 aliphatic rings. The predicted octanol–water partition coefficient (Wildman–Crippen LogP) is -4.63. The first-order chi connectivity index (χ1) is 1.41. The molecule has 0 N–H and O–H groups in total. The first kappa shape index (κ1) is 8.95. The maximum absolute atomic E-state index is 8.25. The molecule has 0 atom stereocenters. The van der Waals surface area contributed by atoms with Crippen LogP contribution in [0.4, 0.5) is 0 Å². The van der Waals surface area contributed by atoms with Crippen LogP contribution in [-0.2, 0) is 4.79 Å². The number of rotatable bonds is 0. The van der Waals surface area contributed by atoms with E-state index >= 15 is 0 Å². The van der Waals surface area contributed by atoms with Crippen molar-refractivity contribution in [3.05, 3.63) is 0 Å². The van der Waals surface area contributed by atoms with Crippen molar-refractivity contribution in [3.8, 4) is 0 Å². The fourth-order valence-electron chi connectivity index (χ4n) is 0. The molecule has 0 aromatic rings. The quantitative estimate of drug-likeness (QED) is 0.205. The third-order valence-corrected chi connectivity index (χ3v) is 0. The van der Waals surface area contributed by atoms with E-state index in [1.165, 1.54) is 0 Å². The van der Waals surface area contributed by atoms with Crippen LogP contribution in [0.25, 0.3) is 0 Å². The molecule has 0 saturated heterocycles. The minimum absolute atomic E-state index is 0. The van der Waals surface area contributed by atoms with Crippen molar-refractivity contribution >= 4 is 6.47 Å². The molecule has 0 saturated carbocycles. The molecule has 2 nitrogen and oxygen atoms in total. The SMILES string of the molecule is O=C[O-].[7Li+]. The smallest absolute Gasteiger partial charge is 0.554 e. The fraction of sp³-hybridized carbons (Fsp3) is 0. The monoisotopic (exact) mass is 52.0 g/mol. The Hall–Kier alpha value is 0.0674. The van der Waals surface area contributed by atoms with Crippen LogP contribution in [0, 0.1) is 0 Å². The molecule has 3 heteroatoms. The van der Waals surface area contributed by atoms with Gasteiger partial charge < -0.3 is 9.90 Å². The molecule has 0 spiro atoms. The van der Waals surface area contributed by atoms with Gasteiger partial charge in [-0.25, -0.2) is 0 Å². The van der Waals surface area contributed by atoms with Gasteiger partial charge in [-0.3, -0.25) is 0 Å². The van der Waals surface area contributed by atoms with Crippen molar-refractivity contribution in [1.82, 2.24) is 0 Å². The van der Waals surface area contributed by atoms with E-state index in [1.807, 2.05) is 0 Å². The van der Waals surface area contributed by atoms with Crippen molar-refractivity contribution in [1.29, 1.82) is 0 Å². The fourth-order valence-corrected chi connectivity index (χ4v) is 0. The summed E-state index contributed by atoms with van der Waals surface area (Å²) in [7, 11) is 0. The van der Waals surface area contributed by atoms with Crippen LogP contribution in [0.5, 0.6) is 0 Å². The molecule has 0 amide bonds. The van der Waals surface area contributed by atoms with E-state index in [1.54, 1.807) is 0 Å². The van der Waals surface area contributed by atoms with Gasteiger partial charge in [0.2, 0.25) is 0 Å². The predicted molar refractivity (Wildman–Crippen MR) is 6.06 cm³/mol. The minimum atomic E-state index is -0.500. The van der Waals surface area contributed by atoms with Gasteiger partial charge in [-0.05, 0) is 0 Å². The van der Waals surface area contributed by atoms with Crippen molar-refractivity contribution in [2.45, 2.75) is 0 Å². The Bertz CT molecular complexity index is 13.5. The van der Waals surface area contributed by atoms with E-state index in [4.69, 9.17) is 9.90 Å². The third-order valence-electron chi connectivity index (χ3n) is 0. The molecule has 18 valence electrons. The molecule has 0 fully saturated rings. The van der Waals surface area contributed by atoms with Crippen molar-refractivity contribution in [2.75, 3.05) is 0 Å². The normalized spacial score (nSPS) is 3.00. The molecular formula is CHLiO2. The van der Waals surface area contributed by atoms with Gasteiger partial charge in [0.05, 0.1) is 0 Å². The van der Waals surface area contributed by atoms with Crippen LogP contribution in [0.1, 0.15) is 0 Å². The Kier molecular flexibility index (Phi) is 25.8. The zero-order chi connectivity index (χ0) is 2.71. The second-order valence-electron chi connectivity index (χ2n) is 0.0962. The van der Waals surface area contributed by atoms with E-state index in [0.717, 1.165) is 0 Å². The molecule has 0 unspecified atom stereocenters. The maximum atomic E-state index is 8.25. The molecule has 0 bridgehead atoms. The molecule has 4 heavy (non-hydrogen) atoms. The van der Waals surface area contributed by atoms with Gasteiger partial charge in [0.25, 0.3) is 0 Å². The summed E-state index contributed by atoms with van der Waals surface area (Å²) in [6.07, 6.45) is 0. The van der Waals surface area contributed by atoms with Crippen LogP contribution >= 0.6 is 0 Å². The first-order valence-corrected chi connectivity index (χ1v) is 0.471. The van der Waals surface area contributed by atoms with Gasteiger partial charge in [-0.2, -0.15) is 0 Å². The average molecular weight is 52.0 g/mol. The minimum Gasteiger partial charge on any atom is -0.554 e. The van der Waals surface area contributed by atoms with Crippen LogP contribution in [0.2, 0.25) is 0 Å². The van der Waals surface area contributed by atoms with Gasteiger partial charge >= 0.3 is 18.9 Å². The van der Waals surface area contributed by atoms with Crippen LogP contribution in [0.15, 0.2) is 0 Å². The Morgan fingerprint density at radius 1 is 1.75 bits per heavy atom. The van der Waals surface area contributed by atoms with E-state index in [0.29, 0.717) is 0 Å². The van der Waals surface area contributed by atoms with Gasteiger partial charge in [0.15, 0.2) is 0 Å². The molecule has 0 radical (unpaired) electrons. The van der Waals surface area contributed by atoms with E-state index < -0.39 is 6.47 Å². The number of carbonyl (C=O) groups is 1. The summed E-state index contributed by atoms with van der Waals surface area (Å²) < 4.78 is 0. The average Bonchev–Trinajstić information content (AvgIpc) is 0.918. The van der Waals surface area contributed by atoms with Crippen molar-refractivity contribution in [2.24, 2.45) is 0 Å². The number of carbonyl (C=O) groups excluding carboxylic acids is 1. The summed E-state index contributed by atoms with van der Waals surface area (Å²) in [6.45, 7) is -0.500. The number of carboxylic acid groups (broad SMARTS) is 1. The Morgan fingerprint density at radius 2 is 1.75 bits per heavy atom. The van der Waals surface area contributed by atoms with Crippen LogP contribution in [0.3, 0.4) is 0 Å². The number of hydrogen-bond donors (Lipinski definition) is 0.